The molecule has 0 radical (unpaired) electrons. The molecule has 3 rings (SSSR count). The van der Waals surface area contributed by atoms with Crippen LogP contribution in [0.3, 0.4) is 0 Å². The van der Waals surface area contributed by atoms with Crippen LogP contribution in [0, 0.1) is 3.57 Å². The quantitative estimate of drug-likeness (QED) is 0.182. The molecule has 0 aliphatic carbocycles. The second-order valence-electron chi connectivity index (χ2n) is 14.0. The maximum atomic E-state index is 13.7. The average Bonchev–Trinajstić information content (AvgIpc) is 3.21. The van der Waals surface area contributed by atoms with Gasteiger partial charge in [0, 0.05) is 18.9 Å². The summed E-state index contributed by atoms with van der Waals surface area (Å²) < 4.78 is 29.2. The van der Waals surface area contributed by atoms with Gasteiger partial charge in [0.2, 0.25) is 11.8 Å². The fraction of sp³-hybridized carbons (Fsp3) is 0.529. The van der Waals surface area contributed by atoms with Crippen LogP contribution >= 0.6 is 22.6 Å². The Morgan fingerprint density at radius 3 is 2.08 bits per heavy atom. The zero-order valence-corrected chi connectivity index (χ0v) is 32.5. The molecule has 1 aliphatic heterocycles. The van der Waals surface area contributed by atoms with Crippen molar-refractivity contribution >= 4 is 59.0 Å². The van der Waals surface area contributed by atoms with E-state index < -0.39 is 65.9 Å². The lowest BCUT2D eigenvalue weighted by Crippen LogP contribution is -2.53. The lowest BCUT2D eigenvalue weighted by atomic mass is 9.77. The highest BCUT2D eigenvalue weighted by Gasteiger charge is 2.53. The van der Waals surface area contributed by atoms with E-state index in [-0.39, 0.29) is 17.9 Å². The standard InChI is InChI=1S/C34H47BIN3O11/c1-18(37-29(42)26(39(9)31(45)48-32(2,3)4)20-12-13-25(46-10)22(36)17-20)28(41)38-23(30(43)44)15-19-14-21(27(47-11)24(40)16-19)35-49-33(5,6)34(7,8)50-35/h12-14,16-18,23,26,40H,15H2,1-11H3,(H,37,42)(H,38,41)(H,43,44). The van der Waals surface area contributed by atoms with Crippen molar-refractivity contribution in [2.75, 3.05) is 21.3 Å². The minimum absolute atomic E-state index is 0.108. The lowest BCUT2D eigenvalue weighted by molar-refractivity contribution is -0.142. The Kier molecular flexibility index (Phi) is 12.7. The second kappa shape index (κ2) is 15.6. The number of likely N-dealkylation sites (N-methyl/N-ethyl adjacent to an activating group) is 1. The molecule has 1 fully saturated rings. The van der Waals surface area contributed by atoms with Gasteiger partial charge in [0.05, 0.1) is 29.0 Å². The fourth-order valence-electron chi connectivity index (χ4n) is 5.11. The molecule has 274 valence electrons. The molecule has 4 N–H and O–H groups in total. The minimum atomic E-state index is -1.45. The molecular weight excluding hydrogens is 764 g/mol. The third kappa shape index (κ3) is 9.51. The van der Waals surface area contributed by atoms with Gasteiger partial charge in [0.15, 0.2) is 11.5 Å². The number of rotatable bonds is 12. The number of halogens is 1. The summed E-state index contributed by atoms with van der Waals surface area (Å²) in [6.07, 6.45) is -1.01. The van der Waals surface area contributed by atoms with Crippen molar-refractivity contribution in [1.29, 1.82) is 0 Å². The van der Waals surface area contributed by atoms with E-state index in [1.165, 1.54) is 34.3 Å². The number of amides is 3. The van der Waals surface area contributed by atoms with Gasteiger partial charge < -0.3 is 44.4 Å². The SMILES string of the molecule is COc1ccc(C(C(=O)NC(C)C(=O)NC(Cc2cc(O)c(OC)c(B3OC(C)(C)C(C)(C)O3)c2)C(=O)O)N(C)C(=O)OC(C)(C)C)cc1I. The van der Waals surface area contributed by atoms with Crippen LogP contribution in [0.15, 0.2) is 30.3 Å². The topological polar surface area (TPSA) is 182 Å². The first-order valence-electron chi connectivity index (χ1n) is 15.9. The maximum absolute atomic E-state index is 13.7. The number of methoxy groups -OCH3 is 2. The molecule has 1 saturated heterocycles. The number of aromatic hydroxyl groups is 1. The lowest BCUT2D eigenvalue weighted by Gasteiger charge is -2.32. The molecule has 0 bridgehead atoms. The zero-order chi connectivity index (χ0) is 37.9. The largest absolute Gasteiger partial charge is 0.504 e. The molecule has 0 saturated carbocycles. The predicted molar refractivity (Wildman–Crippen MR) is 194 cm³/mol. The van der Waals surface area contributed by atoms with Gasteiger partial charge in [0.25, 0.3) is 0 Å². The van der Waals surface area contributed by atoms with Crippen molar-refractivity contribution in [2.24, 2.45) is 0 Å². The van der Waals surface area contributed by atoms with Gasteiger partial charge in [-0.05, 0) is 107 Å². The summed E-state index contributed by atoms with van der Waals surface area (Å²) in [4.78, 5) is 53.6. The van der Waals surface area contributed by atoms with Crippen molar-refractivity contribution in [3.63, 3.8) is 0 Å². The summed E-state index contributed by atoms with van der Waals surface area (Å²) in [7, 11) is 3.37. The zero-order valence-electron chi connectivity index (χ0n) is 30.3. The number of aliphatic carboxylic acids is 1. The van der Waals surface area contributed by atoms with E-state index in [4.69, 9.17) is 23.5 Å². The molecule has 14 nitrogen and oxygen atoms in total. The number of nitrogens with zero attached hydrogens (tertiary/aromatic N) is 1. The molecule has 1 heterocycles. The average molecular weight is 811 g/mol. The third-order valence-electron chi connectivity index (χ3n) is 8.48. The predicted octanol–water partition coefficient (Wildman–Crippen LogP) is 3.54. The smallest absolute Gasteiger partial charge is 0.498 e. The summed E-state index contributed by atoms with van der Waals surface area (Å²) >= 11 is 2.04. The van der Waals surface area contributed by atoms with Crippen LogP contribution in [-0.4, -0.2) is 96.3 Å². The van der Waals surface area contributed by atoms with Gasteiger partial charge >= 0.3 is 19.2 Å². The van der Waals surface area contributed by atoms with E-state index in [9.17, 15) is 29.4 Å². The first-order chi connectivity index (χ1) is 23.0. The first-order valence-corrected chi connectivity index (χ1v) is 17.0. The number of ether oxygens (including phenoxy) is 3. The Labute approximate surface area is 306 Å². The Hall–Kier alpha value is -3.77. The molecule has 16 heteroatoms. The summed E-state index contributed by atoms with van der Waals surface area (Å²) in [5, 5.41) is 25.9. The normalized spacial score (nSPS) is 16.8. The van der Waals surface area contributed by atoms with E-state index in [0.717, 1.165) is 4.90 Å². The molecular formula is C34H47BIN3O11. The molecule has 0 aromatic heterocycles. The second-order valence-corrected chi connectivity index (χ2v) is 15.2. The number of carbonyl (C=O) groups excluding carboxylic acids is 3. The van der Waals surface area contributed by atoms with Crippen LogP contribution in [0.4, 0.5) is 4.79 Å². The number of phenols is 1. The molecule has 2 aromatic rings. The van der Waals surface area contributed by atoms with Crippen molar-refractivity contribution in [3.05, 3.63) is 45.0 Å². The van der Waals surface area contributed by atoms with Crippen molar-refractivity contribution in [3.8, 4) is 17.2 Å². The Bertz CT molecular complexity index is 1600. The van der Waals surface area contributed by atoms with E-state index in [1.54, 1.807) is 45.0 Å². The van der Waals surface area contributed by atoms with Crippen molar-refractivity contribution in [2.45, 2.75) is 96.7 Å². The van der Waals surface area contributed by atoms with Crippen LogP contribution in [0.2, 0.25) is 0 Å². The molecule has 3 unspecified atom stereocenters. The summed E-state index contributed by atoms with van der Waals surface area (Å²) in [6, 6.07) is 4.01. The van der Waals surface area contributed by atoms with Gasteiger partial charge in [-0.1, -0.05) is 12.1 Å². The van der Waals surface area contributed by atoms with Gasteiger partial charge in [-0.2, -0.15) is 0 Å². The maximum Gasteiger partial charge on any atom is 0.498 e. The number of hydrogen-bond acceptors (Lipinski definition) is 10. The number of hydrogen-bond donors (Lipinski definition) is 4. The van der Waals surface area contributed by atoms with Crippen LogP contribution in [0.5, 0.6) is 17.2 Å². The van der Waals surface area contributed by atoms with Gasteiger partial charge in [-0.15, -0.1) is 0 Å². The molecule has 50 heavy (non-hydrogen) atoms. The molecule has 3 amide bonds. The van der Waals surface area contributed by atoms with E-state index in [2.05, 4.69) is 10.6 Å². The third-order valence-corrected chi connectivity index (χ3v) is 9.33. The fourth-order valence-corrected chi connectivity index (χ4v) is 5.87. The summed E-state index contributed by atoms with van der Waals surface area (Å²) in [5.41, 5.74) is -1.10. The number of carboxylic acids is 1. The minimum Gasteiger partial charge on any atom is -0.504 e. The summed E-state index contributed by atoms with van der Waals surface area (Å²) in [6.45, 7) is 14.0. The van der Waals surface area contributed by atoms with E-state index in [0.29, 0.717) is 25.9 Å². The molecule has 0 spiro atoms. The van der Waals surface area contributed by atoms with Crippen LogP contribution in [0.1, 0.15) is 72.6 Å². The van der Waals surface area contributed by atoms with E-state index >= 15 is 0 Å². The number of benzene rings is 2. The number of phenolic OH excluding ortho intramolecular Hbond substituents is 1. The van der Waals surface area contributed by atoms with Crippen LogP contribution in [0.25, 0.3) is 0 Å². The van der Waals surface area contributed by atoms with Crippen molar-refractivity contribution < 1.29 is 52.9 Å². The highest BCUT2D eigenvalue weighted by molar-refractivity contribution is 14.1. The van der Waals surface area contributed by atoms with Gasteiger partial charge in [-0.3, -0.25) is 14.5 Å². The van der Waals surface area contributed by atoms with Crippen LogP contribution in [-0.2, 0) is 34.9 Å². The number of nitrogens with one attached hydrogen (secondary N) is 2. The molecule has 3 atom stereocenters. The monoisotopic (exact) mass is 811 g/mol. The van der Waals surface area contributed by atoms with Gasteiger partial charge in [-0.25, -0.2) is 9.59 Å². The summed E-state index contributed by atoms with van der Waals surface area (Å²) in [5.74, 6) is -2.44. The van der Waals surface area contributed by atoms with E-state index in [1.807, 2.05) is 50.3 Å². The Morgan fingerprint density at radius 2 is 1.58 bits per heavy atom. The Balaban J connectivity index is 1.84. The van der Waals surface area contributed by atoms with Gasteiger partial charge in [0.1, 0.15) is 29.5 Å². The van der Waals surface area contributed by atoms with Crippen molar-refractivity contribution in [1.82, 2.24) is 15.5 Å². The highest BCUT2D eigenvalue weighted by atomic mass is 127. The molecule has 2 aromatic carbocycles. The molecule has 1 aliphatic rings. The van der Waals surface area contributed by atoms with Crippen LogP contribution < -0.4 is 25.6 Å². The number of carbonyl (C=O) groups is 4. The number of carboxylic acid groups (broad SMARTS) is 1. The highest BCUT2D eigenvalue weighted by Crippen LogP contribution is 2.38. The Morgan fingerprint density at radius 1 is 0.980 bits per heavy atom. The first kappa shape index (κ1) is 40.7.